The van der Waals surface area contributed by atoms with Gasteiger partial charge < -0.3 is 15.1 Å². The molecule has 216 valence electrons. The third kappa shape index (κ3) is 6.57. The fourth-order valence-electron chi connectivity index (χ4n) is 5.36. The van der Waals surface area contributed by atoms with Crippen LogP contribution in [0, 0.1) is 10.1 Å². The molecule has 0 unspecified atom stereocenters. The van der Waals surface area contributed by atoms with Crippen molar-refractivity contribution in [2.75, 3.05) is 46.0 Å². The molecule has 12 heteroatoms. The number of nitrogens with one attached hydrogen (secondary N) is 2. The van der Waals surface area contributed by atoms with Crippen molar-refractivity contribution in [2.24, 2.45) is 0 Å². The lowest BCUT2D eigenvalue weighted by Gasteiger charge is -2.23. The predicted molar refractivity (Wildman–Crippen MR) is 162 cm³/mol. The van der Waals surface area contributed by atoms with E-state index in [1.54, 1.807) is 48.5 Å². The number of anilines is 4. The van der Waals surface area contributed by atoms with Gasteiger partial charge in [-0.1, -0.05) is 36.6 Å². The van der Waals surface area contributed by atoms with Gasteiger partial charge in [0.05, 0.1) is 21.3 Å². The quantitative estimate of drug-likeness (QED) is 0.231. The molecule has 0 bridgehead atoms. The first-order valence-corrected chi connectivity index (χ1v) is 15.6. The molecule has 2 saturated heterocycles. The molecule has 3 aromatic carbocycles. The molecule has 0 saturated carbocycles. The lowest BCUT2D eigenvalue weighted by atomic mass is 10.1. The number of hydrogen-bond donors (Lipinski definition) is 2. The standard InChI is InChI=1S/C29H32ClN5O5S/c30-23-9-3-4-10-24(23)32-41(39,40)28-20-22(12-14-26(28)34-17-7-8-18-34)31-29(36)21-11-13-25(27(19-21)35(37)38)33-15-5-1-2-6-16-33/h3-4,9-14,19-20,32H,1-2,5-8,15-18H2,(H,31,36). The zero-order chi connectivity index (χ0) is 29.0. The summed E-state index contributed by atoms with van der Waals surface area (Å²) in [5.74, 6) is -0.577. The predicted octanol–water partition coefficient (Wildman–Crippen LogP) is 6.28. The Morgan fingerprint density at radius 3 is 2.10 bits per heavy atom. The van der Waals surface area contributed by atoms with Gasteiger partial charge in [0.25, 0.3) is 21.6 Å². The summed E-state index contributed by atoms with van der Waals surface area (Å²) in [7, 11) is -4.09. The van der Waals surface area contributed by atoms with E-state index < -0.39 is 20.9 Å². The molecule has 2 aliphatic heterocycles. The number of benzene rings is 3. The van der Waals surface area contributed by atoms with E-state index in [0.717, 1.165) is 51.6 Å². The summed E-state index contributed by atoms with van der Waals surface area (Å²) in [5.41, 5.74) is 1.50. The third-order valence-corrected chi connectivity index (χ3v) is 9.18. The third-order valence-electron chi connectivity index (χ3n) is 7.45. The minimum Gasteiger partial charge on any atom is -0.370 e. The highest BCUT2D eigenvalue weighted by Crippen LogP contribution is 2.35. The highest BCUT2D eigenvalue weighted by Gasteiger charge is 2.27. The number of hydrogen-bond acceptors (Lipinski definition) is 7. The molecule has 2 heterocycles. The van der Waals surface area contributed by atoms with Gasteiger partial charge >= 0.3 is 0 Å². The molecule has 10 nitrogen and oxygen atoms in total. The van der Waals surface area contributed by atoms with Crippen molar-refractivity contribution in [1.82, 2.24) is 0 Å². The van der Waals surface area contributed by atoms with Crippen LogP contribution in [0.25, 0.3) is 0 Å². The molecule has 41 heavy (non-hydrogen) atoms. The van der Waals surface area contributed by atoms with E-state index >= 15 is 0 Å². The minimum atomic E-state index is -4.09. The Balaban J connectivity index is 1.44. The summed E-state index contributed by atoms with van der Waals surface area (Å²) in [6, 6.07) is 15.7. The van der Waals surface area contributed by atoms with Gasteiger partial charge in [0.15, 0.2) is 0 Å². The van der Waals surface area contributed by atoms with Crippen molar-refractivity contribution in [3.63, 3.8) is 0 Å². The van der Waals surface area contributed by atoms with Gasteiger partial charge in [-0.05, 0) is 68.1 Å². The number of amides is 1. The summed E-state index contributed by atoms with van der Waals surface area (Å²) in [6.45, 7) is 2.89. The molecule has 2 aliphatic rings. The fourth-order valence-corrected chi connectivity index (χ4v) is 6.93. The first kappa shape index (κ1) is 28.7. The number of carbonyl (C=O) groups excluding carboxylic acids is 1. The lowest BCUT2D eigenvalue weighted by Crippen LogP contribution is -2.25. The fraction of sp³-hybridized carbons (Fsp3) is 0.345. The van der Waals surface area contributed by atoms with Crippen LogP contribution in [0.1, 0.15) is 48.9 Å². The van der Waals surface area contributed by atoms with E-state index in [-0.39, 0.29) is 32.5 Å². The molecule has 3 aromatic rings. The molecule has 0 atom stereocenters. The summed E-state index contributed by atoms with van der Waals surface area (Å²) < 4.78 is 29.7. The van der Waals surface area contributed by atoms with Gasteiger partial charge in [0.1, 0.15) is 10.6 Å². The van der Waals surface area contributed by atoms with Crippen LogP contribution in [0.15, 0.2) is 65.6 Å². The number of rotatable bonds is 8. The largest absolute Gasteiger partial charge is 0.370 e. The van der Waals surface area contributed by atoms with Gasteiger partial charge in [-0.3, -0.25) is 19.6 Å². The Morgan fingerprint density at radius 2 is 1.44 bits per heavy atom. The second-order valence-electron chi connectivity index (χ2n) is 10.3. The Labute approximate surface area is 244 Å². The van der Waals surface area contributed by atoms with Crippen molar-refractivity contribution >= 4 is 56.0 Å². The number of nitrogens with zero attached hydrogens (tertiary/aromatic N) is 3. The number of para-hydroxylation sites is 1. The molecular weight excluding hydrogens is 566 g/mol. The first-order valence-electron chi connectivity index (χ1n) is 13.7. The Hall–Kier alpha value is -3.83. The van der Waals surface area contributed by atoms with Crippen LogP contribution in [0.4, 0.5) is 28.4 Å². The minimum absolute atomic E-state index is 0.000359. The van der Waals surface area contributed by atoms with Crippen molar-refractivity contribution in [2.45, 2.75) is 43.4 Å². The van der Waals surface area contributed by atoms with Crippen molar-refractivity contribution < 1.29 is 18.1 Å². The monoisotopic (exact) mass is 597 g/mol. The van der Waals surface area contributed by atoms with Gasteiger partial charge in [-0.25, -0.2) is 8.42 Å². The molecular formula is C29H32ClN5O5S. The Kier molecular flexibility index (Phi) is 8.65. The average molecular weight is 598 g/mol. The van der Waals surface area contributed by atoms with Crippen LogP contribution >= 0.6 is 11.6 Å². The van der Waals surface area contributed by atoms with Crippen molar-refractivity contribution in [1.29, 1.82) is 0 Å². The van der Waals surface area contributed by atoms with E-state index in [2.05, 4.69) is 10.0 Å². The number of nitro groups is 1. The molecule has 0 aromatic heterocycles. The van der Waals surface area contributed by atoms with Crippen LogP contribution in [-0.2, 0) is 10.0 Å². The highest BCUT2D eigenvalue weighted by molar-refractivity contribution is 7.93. The topological polar surface area (TPSA) is 125 Å². The van der Waals surface area contributed by atoms with E-state index in [4.69, 9.17) is 11.6 Å². The zero-order valence-corrected chi connectivity index (χ0v) is 24.1. The molecule has 0 radical (unpaired) electrons. The highest BCUT2D eigenvalue weighted by atomic mass is 35.5. The van der Waals surface area contributed by atoms with Gasteiger partial charge in [0, 0.05) is 43.5 Å². The van der Waals surface area contributed by atoms with E-state index in [0.29, 0.717) is 24.5 Å². The van der Waals surface area contributed by atoms with E-state index in [1.165, 1.54) is 12.1 Å². The number of nitro benzene ring substituents is 1. The summed E-state index contributed by atoms with van der Waals surface area (Å²) in [4.78, 5) is 28.7. The molecule has 1 amide bonds. The van der Waals surface area contributed by atoms with Crippen molar-refractivity contribution in [3.05, 3.63) is 81.4 Å². The second kappa shape index (κ2) is 12.4. The average Bonchev–Trinajstić information content (AvgIpc) is 3.36. The zero-order valence-electron chi connectivity index (χ0n) is 22.5. The summed E-state index contributed by atoms with van der Waals surface area (Å²) in [5, 5.41) is 14.9. The summed E-state index contributed by atoms with van der Waals surface area (Å²) in [6.07, 6.45) is 6.00. The van der Waals surface area contributed by atoms with Crippen LogP contribution in [0.2, 0.25) is 5.02 Å². The van der Waals surface area contributed by atoms with Crippen LogP contribution in [-0.4, -0.2) is 45.4 Å². The van der Waals surface area contributed by atoms with Gasteiger partial charge in [-0.15, -0.1) is 0 Å². The maximum atomic E-state index is 13.6. The number of halogens is 1. The second-order valence-corrected chi connectivity index (χ2v) is 12.3. The first-order chi connectivity index (χ1) is 19.7. The molecule has 5 rings (SSSR count). The lowest BCUT2D eigenvalue weighted by molar-refractivity contribution is -0.384. The van der Waals surface area contributed by atoms with Crippen LogP contribution in [0.3, 0.4) is 0 Å². The molecule has 2 fully saturated rings. The van der Waals surface area contributed by atoms with E-state index in [1.807, 2.05) is 9.80 Å². The summed E-state index contributed by atoms with van der Waals surface area (Å²) >= 11 is 6.21. The molecule has 0 spiro atoms. The SMILES string of the molecule is O=C(Nc1ccc(N2CCCC2)c(S(=O)(=O)Nc2ccccc2Cl)c1)c1ccc(N2CCCCCC2)c([N+](=O)[O-])c1. The maximum absolute atomic E-state index is 13.6. The number of carbonyl (C=O) groups is 1. The van der Waals surface area contributed by atoms with Gasteiger partial charge in [0.2, 0.25) is 0 Å². The molecule has 0 aliphatic carbocycles. The van der Waals surface area contributed by atoms with Crippen LogP contribution in [0.5, 0.6) is 0 Å². The number of sulfonamides is 1. The normalized spacial score (nSPS) is 15.8. The Bertz CT molecular complexity index is 1550. The van der Waals surface area contributed by atoms with Gasteiger partial charge in [-0.2, -0.15) is 0 Å². The van der Waals surface area contributed by atoms with Crippen molar-refractivity contribution in [3.8, 4) is 0 Å². The Morgan fingerprint density at radius 1 is 0.829 bits per heavy atom. The smallest absolute Gasteiger partial charge is 0.293 e. The maximum Gasteiger partial charge on any atom is 0.293 e. The van der Waals surface area contributed by atoms with Crippen LogP contribution < -0.4 is 19.8 Å². The van der Waals surface area contributed by atoms with E-state index in [9.17, 15) is 23.3 Å². The molecule has 2 N–H and O–H groups in total.